The van der Waals surface area contributed by atoms with E-state index < -0.39 is 26.5 Å². The lowest BCUT2D eigenvalue weighted by Crippen LogP contribution is -2.29. The lowest BCUT2D eigenvalue weighted by atomic mass is 10.0. The van der Waals surface area contributed by atoms with Crippen molar-refractivity contribution in [2.24, 2.45) is 5.73 Å². The van der Waals surface area contributed by atoms with E-state index >= 15 is 0 Å². The van der Waals surface area contributed by atoms with Crippen molar-refractivity contribution in [3.8, 4) is 0 Å². The normalized spacial score (nSPS) is 13.3. The molecule has 2 atom stereocenters. The number of unbranched alkanes of at least 4 members (excludes halogenated alkanes) is 29. The third-order valence-electron chi connectivity index (χ3n) is 10.2. The third kappa shape index (κ3) is 42.2. The van der Waals surface area contributed by atoms with Crippen molar-refractivity contribution in [3.63, 3.8) is 0 Å². The Morgan fingerprint density at radius 3 is 1.31 bits per heavy atom. The molecule has 0 radical (unpaired) electrons. The van der Waals surface area contributed by atoms with E-state index in [2.05, 4.69) is 26.0 Å². The topological polar surface area (TPSA) is 134 Å². The summed E-state index contributed by atoms with van der Waals surface area (Å²) in [5.41, 5.74) is 5.35. The molecule has 0 fully saturated rings. The maximum Gasteiger partial charge on any atom is 0.472 e. The zero-order valence-corrected chi connectivity index (χ0v) is 36.8. The molecule has 0 aliphatic heterocycles. The monoisotopic (exact) mass is 802 g/mol. The van der Waals surface area contributed by atoms with Gasteiger partial charge in [-0.2, -0.15) is 0 Å². The number of phosphoric ester groups is 1. The van der Waals surface area contributed by atoms with Gasteiger partial charge in [0, 0.05) is 19.4 Å². The number of allylic oxidation sites excluding steroid dienone is 2. The Labute approximate surface area is 339 Å². The number of phosphoric acid groups is 1. The molecule has 0 heterocycles. The van der Waals surface area contributed by atoms with Gasteiger partial charge in [0.25, 0.3) is 0 Å². The fourth-order valence-corrected chi connectivity index (χ4v) is 7.45. The molecule has 3 N–H and O–H groups in total. The maximum absolute atomic E-state index is 12.6. The molecule has 0 aromatic carbocycles. The number of esters is 2. The van der Waals surface area contributed by atoms with Gasteiger partial charge in [-0.3, -0.25) is 18.6 Å². The maximum atomic E-state index is 12.6. The molecule has 9 nitrogen and oxygen atoms in total. The van der Waals surface area contributed by atoms with E-state index in [1.807, 2.05) is 0 Å². The number of carbonyl (C=O) groups is 2. The number of rotatable bonds is 44. The Bertz CT molecular complexity index is 917. The third-order valence-corrected chi connectivity index (χ3v) is 11.1. The quantitative estimate of drug-likeness (QED) is 0.0267. The van der Waals surface area contributed by atoms with Crippen molar-refractivity contribution in [3.05, 3.63) is 12.2 Å². The van der Waals surface area contributed by atoms with E-state index in [1.165, 1.54) is 154 Å². The molecule has 0 aromatic rings. The Balaban J connectivity index is 4.07. The molecule has 10 heteroatoms. The van der Waals surface area contributed by atoms with Crippen LogP contribution in [0.3, 0.4) is 0 Å². The summed E-state index contributed by atoms with van der Waals surface area (Å²) >= 11 is 0. The van der Waals surface area contributed by atoms with Gasteiger partial charge < -0.3 is 20.1 Å². The predicted octanol–water partition coefficient (Wildman–Crippen LogP) is 13.4. The number of ether oxygens (including phenoxy) is 2. The fraction of sp³-hybridized carbons (Fsp3) is 0.911. The molecule has 0 spiro atoms. The molecule has 0 saturated carbocycles. The van der Waals surface area contributed by atoms with Crippen LogP contribution in [0, 0.1) is 0 Å². The molecule has 0 rings (SSSR count). The van der Waals surface area contributed by atoms with E-state index in [1.54, 1.807) is 0 Å². The highest BCUT2D eigenvalue weighted by Gasteiger charge is 2.26. The van der Waals surface area contributed by atoms with Gasteiger partial charge in [0.1, 0.15) is 6.61 Å². The lowest BCUT2D eigenvalue weighted by Gasteiger charge is -2.19. The first-order valence-corrected chi connectivity index (χ1v) is 24.7. The number of nitrogens with two attached hydrogens (primary N) is 1. The zero-order valence-electron chi connectivity index (χ0n) is 35.9. The van der Waals surface area contributed by atoms with Gasteiger partial charge in [0.2, 0.25) is 0 Å². The van der Waals surface area contributed by atoms with Crippen LogP contribution in [-0.4, -0.2) is 49.3 Å². The largest absolute Gasteiger partial charge is 0.472 e. The summed E-state index contributed by atoms with van der Waals surface area (Å²) < 4.78 is 32.8. The number of carbonyl (C=O) groups excluding carboxylic acids is 2. The zero-order chi connectivity index (χ0) is 40.3. The molecule has 0 aliphatic rings. The average molecular weight is 802 g/mol. The summed E-state index contributed by atoms with van der Waals surface area (Å²) in [6.45, 7) is 3.75. The number of hydrogen-bond acceptors (Lipinski definition) is 8. The van der Waals surface area contributed by atoms with Crippen molar-refractivity contribution in [1.29, 1.82) is 0 Å². The van der Waals surface area contributed by atoms with Crippen LogP contribution in [-0.2, 0) is 32.7 Å². The van der Waals surface area contributed by atoms with Gasteiger partial charge in [-0.15, -0.1) is 0 Å². The van der Waals surface area contributed by atoms with E-state index in [0.29, 0.717) is 6.42 Å². The van der Waals surface area contributed by atoms with Gasteiger partial charge in [0.05, 0.1) is 13.2 Å². The predicted molar refractivity (Wildman–Crippen MR) is 229 cm³/mol. The van der Waals surface area contributed by atoms with E-state index in [9.17, 15) is 19.0 Å². The minimum atomic E-state index is -4.37. The Morgan fingerprint density at radius 1 is 0.527 bits per heavy atom. The van der Waals surface area contributed by atoms with Crippen LogP contribution < -0.4 is 5.73 Å². The first kappa shape index (κ1) is 53.8. The van der Waals surface area contributed by atoms with Crippen LogP contribution in [0.2, 0.25) is 0 Å². The molecule has 326 valence electrons. The molecule has 1 unspecified atom stereocenters. The fourth-order valence-electron chi connectivity index (χ4n) is 6.69. The second-order valence-electron chi connectivity index (χ2n) is 15.6. The molecular weight excluding hydrogens is 713 g/mol. The standard InChI is InChI=1S/C45H88NO8P/c1-3-5-7-9-11-13-15-17-19-20-21-22-24-26-28-30-32-34-36-38-45(48)54-43(42-53-55(49,50)52-40-39-46)41-51-44(47)37-35-33-31-29-27-25-23-18-16-14-12-10-8-6-4-2/h14,16,43H,3-13,15,17-42,46H2,1-2H3,(H,49,50)/t43-/m1/s1. The Hall–Kier alpha value is -1.25. The van der Waals surface area contributed by atoms with Crippen LogP contribution in [0.4, 0.5) is 0 Å². The molecular formula is C45H88NO8P. The summed E-state index contributed by atoms with van der Waals surface area (Å²) in [6.07, 6.45) is 43.8. The second-order valence-corrected chi connectivity index (χ2v) is 17.1. The number of hydrogen-bond donors (Lipinski definition) is 2. The van der Waals surface area contributed by atoms with Crippen LogP contribution in [0.25, 0.3) is 0 Å². The Morgan fingerprint density at radius 2 is 0.891 bits per heavy atom. The Kier molecular flexibility index (Phi) is 41.4. The minimum absolute atomic E-state index is 0.0558. The summed E-state index contributed by atoms with van der Waals surface area (Å²) in [5.74, 6) is -0.821. The average Bonchev–Trinajstić information content (AvgIpc) is 3.17. The molecule has 0 aromatic heterocycles. The van der Waals surface area contributed by atoms with Crippen molar-refractivity contribution >= 4 is 19.8 Å². The summed E-state index contributed by atoms with van der Waals surface area (Å²) in [5, 5.41) is 0. The van der Waals surface area contributed by atoms with Gasteiger partial charge >= 0.3 is 19.8 Å². The second kappa shape index (κ2) is 42.4. The minimum Gasteiger partial charge on any atom is -0.462 e. The summed E-state index contributed by atoms with van der Waals surface area (Å²) in [7, 11) is -4.37. The summed E-state index contributed by atoms with van der Waals surface area (Å²) in [4.78, 5) is 34.9. The van der Waals surface area contributed by atoms with E-state index in [0.717, 1.165) is 44.9 Å². The summed E-state index contributed by atoms with van der Waals surface area (Å²) in [6, 6.07) is 0. The van der Waals surface area contributed by atoms with E-state index in [4.69, 9.17) is 24.3 Å². The highest BCUT2D eigenvalue weighted by Crippen LogP contribution is 2.43. The van der Waals surface area contributed by atoms with Crippen molar-refractivity contribution in [1.82, 2.24) is 0 Å². The molecule has 0 amide bonds. The molecule has 55 heavy (non-hydrogen) atoms. The van der Waals surface area contributed by atoms with Gasteiger partial charge in [-0.1, -0.05) is 193 Å². The first-order valence-electron chi connectivity index (χ1n) is 23.2. The smallest absolute Gasteiger partial charge is 0.462 e. The van der Waals surface area contributed by atoms with Gasteiger partial charge in [0.15, 0.2) is 6.10 Å². The highest BCUT2D eigenvalue weighted by molar-refractivity contribution is 7.47. The van der Waals surface area contributed by atoms with E-state index in [-0.39, 0.29) is 38.6 Å². The van der Waals surface area contributed by atoms with Crippen LogP contribution in [0.5, 0.6) is 0 Å². The van der Waals surface area contributed by atoms with Crippen molar-refractivity contribution < 1.29 is 37.6 Å². The van der Waals surface area contributed by atoms with Crippen LogP contribution in [0.15, 0.2) is 12.2 Å². The first-order chi connectivity index (χ1) is 26.8. The van der Waals surface area contributed by atoms with Crippen molar-refractivity contribution in [2.75, 3.05) is 26.4 Å². The van der Waals surface area contributed by atoms with Crippen LogP contribution in [0.1, 0.15) is 232 Å². The highest BCUT2D eigenvalue weighted by atomic mass is 31.2. The van der Waals surface area contributed by atoms with Gasteiger partial charge in [-0.25, -0.2) is 4.57 Å². The van der Waals surface area contributed by atoms with Crippen LogP contribution >= 0.6 is 7.82 Å². The SMILES string of the molecule is CCCCCCC=CCCCCCCCCCC(=O)OC[C@H](COP(=O)(O)OCCN)OC(=O)CCCCCCCCCCCCCCCCCCCCC. The lowest BCUT2D eigenvalue weighted by molar-refractivity contribution is -0.161. The molecule has 0 saturated heterocycles. The molecule has 0 bridgehead atoms. The van der Waals surface area contributed by atoms with Crippen molar-refractivity contribution in [2.45, 2.75) is 238 Å². The molecule has 0 aliphatic carbocycles. The van der Waals surface area contributed by atoms with Gasteiger partial charge in [-0.05, 0) is 38.5 Å².